The number of anilines is 1. The van der Waals surface area contributed by atoms with Gasteiger partial charge in [0.15, 0.2) is 11.5 Å². The van der Waals surface area contributed by atoms with E-state index in [9.17, 15) is 4.79 Å². The first-order valence-electron chi connectivity index (χ1n) is 12.4. The van der Waals surface area contributed by atoms with E-state index < -0.39 is 0 Å². The summed E-state index contributed by atoms with van der Waals surface area (Å²) in [5.74, 6) is 0.873. The summed E-state index contributed by atoms with van der Waals surface area (Å²) in [7, 11) is 0. The molecule has 5 aromatic rings. The number of hydrogen-bond acceptors (Lipinski definition) is 6. The van der Waals surface area contributed by atoms with Crippen LogP contribution < -0.4 is 11.1 Å². The largest absolute Gasteiger partial charge is 0.383 e. The quantitative estimate of drug-likeness (QED) is 0.211. The normalized spacial score (nSPS) is 11.7. The van der Waals surface area contributed by atoms with Gasteiger partial charge in [0.05, 0.1) is 11.3 Å². The van der Waals surface area contributed by atoms with E-state index in [2.05, 4.69) is 21.9 Å². The predicted octanol–water partition coefficient (Wildman–Crippen LogP) is 5.43. The van der Waals surface area contributed by atoms with Crippen LogP contribution in [0.4, 0.5) is 5.82 Å². The highest BCUT2D eigenvalue weighted by Crippen LogP contribution is 2.31. The molecule has 0 aliphatic carbocycles. The maximum atomic E-state index is 12.5. The number of aromatic nitrogens is 5. The first-order valence-corrected chi connectivity index (χ1v) is 12.4. The lowest BCUT2D eigenvalue weighted by Crippen LogP contribution is -2.23. The van der Waals surface area contributed by atoms with Crippen LogP contribution >= 0.6 is 0 Å². The fourth-order valence-electron chi connectivity index (χ4n) is 4.19. The summed E-state index contributed by atoms with van der Waals surface area (Å²) in [4.78, 5) is 30.8. The van der Waals surface area contributed by atoms with E-state index in [-0.39, 0.29) is 5.91 Å². The molecule has 39 heavy (non-hydrogen) atoms. The van der Waals surface area contributed by atoms with Crippen molar-refractivity contribution >= 4 is 22.9 Å². The SMILES string of the molecule is C=C/C=C\C(=C/C)C(=O)NCc1ccc(-n2c(-c3cccnc3N)nc3ccc(-c4ccncc4)nc32)cc1. The first-order chi connectivity index (χ1) is 19.1. The summed E-state index contributed by atoms with van der Waals surface area (Å²) in [5.41, 5.74) is 12.5. The van der Waals surface area contributed by atoms with E-state index in [1.54, 1.807) is 42.9 Å². The minimum atomic E-state index is -0.150. The fraction of sp³-hybridized carbons (Fsp3) is 0.0645. The van der Waals surface area contributed by atoms with Gasteiger partial charge in [-0.15, -0.1) is 0 Å². The van der Waals surface area contributed by atoms with E-state index in [0.717, 1.165) is 28.0 Å². The molecule has 1 amide bonds. The summed E-state index contributed by atoms with van der Waals surface area (Å²) >= 11 is 0. The molecule has 1 aromatic carbocycles. The Bertz CT molecular complexity index is 1700. The van der Waals surface area contributed by atoms with Crippen LogP contribution in [0.1, 0.15) is 12.5 Å². The molecular weight excluding hydrogens is 486 g/mol. The van der Waals surface area contributed by atoms with Gasteiger partial charge in [0.2, 0.25) is 0 Å². The number of rotatable bonds is 8. The van der Waals surface area contributed by atoms with Crippen molar-refractivity contribution in [2.24, 2.45) is 0 Å². The molecule has 0 saturated heterocycles. The number of hydrogen-bond donors (Lipinski definition) is 2. The van der Waals surface area contributed by atoms with Gasteiger partial charge in [0, 0.05) is 42.0 Å². The van der Waals surface area contributed by atoms with E-state index in [1.807, 2.05) is 72.2 Å². The molecular formula is C31H27N7O. The second-order valence-electron chi connectivity index (χ2n) is 8.67. The van der Waals surface area contributed by atoms with Crippen molar-refractivity contribution in [3.05, 3.63) is 121 Å². The molecule has 0 saturated carbocycles. The van der Waals surface area contributed by atoms with Gasteiger partial charge in [-0.05, 0) is 67.1 Å². The Morgan fingerprint density at radius 3 is 2.54 bits per heavy atom. The molecule has 4 heterocycles. The highest BCUT2D eigenvalue weighted by molar-refractivity contribution is 5.96. The Morgan fingerprint density at radius 2 is 1.82 bits per heavy atom. The Balaban J connectivity index is 1.53. The van der Waals surface area contributed by atoms with Crippen molar-refractivity contribution in [1.29, 1.82) is 0 Å². The average Bonchev–Trinajstić information content (AvgIpc) is 3.36. The smallest absolute Gasteiger partial charge is 0.251 e. The molecule has 0 bridgehead atoms. The number of nitrogens with one attached hydrogen (secondary N) is 1. The van der Waals surface area contributed by atoms with Gasteiger partial charge in [-0.1, -0.05) is 36.9 Å². The molecule has 8 heteroatoms. The van der Waals surface area contributed by atoms with Crippen molar-refractivity contribution < 1.29 is 4.79 Å². The van der Waals surface area contributed by atoms with Crippen LogP contribution in [-0.2, 0) is 11.3 Å². The molecule has 192 valence electrons. The minimum absolute atomic E-state index is 0.150. The maximum absolute atomic E-state index is 12.5. The van der Waals surface area contributed by atoms with E-state index in [4.69, 9.17) is 15.7 Å². The van der Waals surface area contributed by atoms with Crippen LogP contribution in [0.5, 0.6) is 0 Å². The lowest BCUT2D eigenvalue weighted by atomic mass is 10.1. The second kappa shape index (κ2) is 11.4. The molecule has 0 radical (unpaired) electrons. The van der Waals surface area contributed by atoms with Crippen LogP contribution in [-0.4, -0.2) is 30.4 Å². The molecule has 0 unspecified atom stereocenters. The number of imidazole rings is 1. The van der Waals surface area contributed by atoms with Crippen molar-refractivity contribution in [1.82, 2.24) is 29.8 Å². The summed E-state index contributed by atoms with van der Waals surface area (Å²) in [5, 5.41) is 2.96. The molecule has 5 rings (SSSR count). The van der Waals surface area contributed by atoms with E-state index >= 15 is 0 Å². The zero-order valence-corrected chi connectivity index (χ0v) is 21.5. The second-order valence-corrected chi connectivity index (χ2v) is 8.67. The predicted molar refractivity (Wildman–Crippen MR) is 155 cm³/mol. The van der Waals surface area contributed by atoms with Crippen LogP contribution in [0.2, 0.25) is 0 Å². The lowest BCUT2D eigenvalue weighted by Gasteiger charge is -2.12. The lowest BCUT2D eigenvalue weighted by molar-refractivity contribution is -0.117. The van der Waals surface area contributed by atoms with Crippen molar-refractivity contribution in [3.8, 4) is 28.3 Å². The molecule has 0 atom stereocenters. The Labute approximate surface area is 226 Å². The van der Waals surface area contributed by atoms with Gasteiger partial charge in [-0.2, -0.15) is 0 Å². The molecule has 0 aliphatic rings. The highest BCUT2D eigenvalue weighted by atomic mass is 16.1. The zero-order chi connectivity index (χ0) is 27.2. The number of fused-ring (bicyclic) bond motifs is 1. The van der Waals surface area contributed by atoms with Crippen molar-refractivity contribution in [2.75, 3.05) is 5.73 Å². The van der Waals surface area contributed by atoms with Crippen LogP contribution in [0, 0.1) is 0 Å². The number of carbonyl (C=O) groups is 1. The fourth-order valence-corrected chi connectivity index (χ4v) is 4.19. The van der Waals surface area contributed by atoms with E-state index in [0.29, 0.717) is 35.0 Å². The van der Waals surface area contributed by atoms with Crippen molar-refractivity contribution in [2.45, 2.75) is 13.5 Å². The number of carbonyl (C=O) groups excluding carboxylic acids is 1. The molecule has 0 spiro atoms. The third kappa shape index (κ3) is 5.35. The molecule has 8 nitrogen and oxygen atoms in total. The van der Waals surface area contributed by atoms with Crippen LogP contribution in [0.3, 0.4) is 0 Å². The van der Waals surface area contributed by atoms with Gasteiger partial charge in [0.1, 0.15) is 11.3 Å². The highest BCUT2D eigenvalue weighted by Gasteiger charge is 2.18. The number of pyridine rings is 3. The number of nitrogens with zero attached hydrogens (tertiary/aromatic N) is 5. The van der Waals surface area contributed by atoms with Gasteiger partial charge in [-0.25, -0.2) is 15.0 Å². The third-order valence-electron chi connectivity index (χ3n) is 6.19. The summed E-state index contributed by atoms with van der Waals surface area (Å²) in [6.07, 6.45) is 12.0. The van der Waals surface area contributed by atoms with E-state index in [1.165, 1.54) is 0 Å². The summed E-state index contributed by atoms with van der Waals surface area (Å²) in [6.45, 7) is 5.86. The topological polar surface area (TPSA) is 112 Å². The Kier molecular flexibility index (Phi) is 7.36. The minimum Gasteiger partial charge on any atom is -0.383 e. The Hall–Kier alpha value is -5.37. The van der Waals surface area contributed by atoms with Crippen LogP contribution in [0.15, 0.2) is 116 Å². The zero-order valence-electron chi connectivity index (χ0n) is 21.5. The molecule has 0 fully saturated rings. The summed E-state index contributed by atoms with van der Waals surface area (Å²) < 4.78 is 1.98. The third-order valence-corrected chi connectivity index (χ3v) is 6.19. The number of nitrogens with two attached hydrogens (primary N) is 1. The molecule has 3 N–H and O–H groups in total. The summed E-state index contributed by atoms with van der Waals surface area (Å²) in [6, 6.07) is 19.4. The number of benzene rings is 1. The van der Waals surface area contributed by atoms with Gasteiger partial charge in [-0.3, -0.25) is 14.3 Å². The van der Waals surface area contributed by atoms with Gasteiger partial charge < -0.3 is 11.1 Å². The first kappa shape index (κ1) is 25.3. The van der Waals surface area contributed by atoms with Crippen molar-refractivity contribution in [3.63, 3.8) is 0 Å². The van der Waals surface area contributed by atoms with Gasteiger partial charge in [0.25, 0.3) is 5.91 Å². The van der Waals surface area contributed by atoms with Crippen LogP contribution in [0.25, 0.3) is 39.5 Å². The Morgan fingerprint density at radius 1 is 1.03 bits per heavy atom. The molecule has 4 aromatic heterocycles. The number of allylic oxidation sites excluding steroid dienone is 3. The molecule has 0 aliphatic heterocycles. The number of amides is 1. The monoisotopic (exact) mass is 513 g/mol. The number of nitrogen functional groups attached to an aromatic ring is 1. The van der Waals surface area contributed by atoms with Gasteiger partial charge >= 0.3 is 0 Å². The standard InChI is InChI=1S/C31H27N7O/c1-3-5-7-22(4-2)31(39)35-20-21-9-11-24(12-10-21)38-29(25-8-6-17-34-28(25)32)37-27-14-13-26(36-30(27)38)23-15-18-33-19-16-23/h3-19H,1,20H2,2H3,(H2,32,34)(H,35,39)/b7-5-,22-4+. The maximum Gasteiger partial charge on any atom is 0.251 e. The average molecular weight is 514 g/mol.